The number of nitrogens with one attached hydrogen (secondary N) is 1. The number of carbonyl (C=O) groups is 2. The average Bonchev–Trinajstić information content (AvgIpc) is 3.36. The van der Waals surface area contributed by atoms with Gasteiger partial charge in [-0.1, -0.05) is 29.4 Å². The molecule has 0 saturated heterocycles. The molecule has 0 aliphatic rings. The number of carboxylic acid groups (broad SMARTS) is 1. The molecule has 0 aliphatic carbocycles. The molecule has 9 heteroatoms. The number of aromatic carboxylic acids is 1. The number of aromatic nitrogens is 2. The molecule has 0 saturated carbocycles. The minimum absolute atomic E-state index is 0.0628. The molecule has 0 bridgehead atoms. The van der Waals surface area contributed by atoms with Gasteiger partial charge in [-0.15, -0.1) is 0 Å². The summed E-state index contributed by atoms with van der Waals surface area (Å²) in [5, 5.41) is 16.1. The van der Waals surface area contributed by atoms with Gasteiger partial charge >= 0.3 is 5.97 Å². The van der Waals surface area contributed by atoms with Crippen molar-refractivity contribution in [1.29, 1.82) is 0 Å². The van der Waals surface area contributed by atoms with Gasteiger partial charge in [0.05, 0.1) is 24.3 Å². The van der Waals surface area contributed by atoms with Crippen molar-refractivity contribution in [2.45, 2.75) is 13.8 Å². The highest BCUT2D eigenvalue weighted by molar-refractivity contribution is 6.10. The average molecular weight is 473 g/mol. The Morgan fingerprint density at radius 3 is 2.37 bits per heavy atom. The van der Waals surface area contributed by atoms with Crippen LogP contribution in [0.1, 0.15) is 34.6 Å². The van der Waals surface area contributed by atoms with E-state index in [2.05, 4.69) is 15.5 Å². The SMILES string of the molecule is CCOc1ccc(-c2nc(-c3cccc(NC(=O)c4ccccc4C(=O)O)c3)no2)cc1OCC. The van der Waals surface area contributed by atoms with Crippen molar-refractivity contribution < 1.29 is 28.7 Å². The number of ether oxygens (including phenoxy) is 2. The van der Waals surface area contributed by atoms with Crippen LogP contribution in [0.4, 0.5) is 5.69 Å². The zero-order chi connectivity index (χ0) is 24.8. The van der Waals surface area contributed by atoms with Crippen LogP contribution in [-0.2, 0) is 0 Å². The van der Waals surface area contributed by atoms with Crippen LogP contribution in [0.5, 0.6) is 11.5 Å². The molecule has 1 amide bonds. The summed E-state index contributed by atoms with van der Waals surface area (Å²) in [4.78, 5) is 28.6. The summed E-state index contributed by atoms with van der Waals surface area (Å²) >= 11 is 0. The number of carbonyl (C=O) groups excluding carboxylic acids is 1. The number of anilines is 1. The van der Waals surface area contributed by atoms with Crippen molar-refractivity contribution in [2.24, 2.45) is 0 Å². The maximum atomic E-state index is 12.7. The summed E-state index contributed by atoms with van der Waals surface area (Å²) in [6.45, 7) is 4.78. The van der Waals surface area contributed by atoms with Gasteiger partial charge in [0.1, 0.15) is 0 Å². The zero-order valence-corrected chi connectivity index (χ0v) is 19.1. The molecule has 0 aliphatic heterocycles. The van der Waals surface area contributed by atoms with Crippen LogP contribution in [-0.4, -0.2) is 40.3 Å². The number of hydrogen-bond donors (Lipinski definition) is 2. The summed E-state index contributed by atoms with van der Waals surface area (Å²) in [7, 11) is 0. The van der Waals surface area contributed by atoms with Crippen LogP contribution < -0.4 is 14.8 Å². The molecular weight excluding hydrogens is 450 g/mol. The highest BCUT2D eigenvalue weighted by Crippen LogP contribution is 2.33. The van der Waals surface area contributed by atoms with Gasteiger partial charge in [0, 0.05) is 16.8 Å². The van der Waals surface area contributed by atoms with E-state index >= 15 is 0 Å². The summed E-state index contributed by atoms with van der Waals surface area (Å²) in [5.41, 5.74) is 1.73. The van der Waals surface area contributed by atoms with Crippen molar-refractivity contribution in [3.8, 4) is 34.3 Å². The van der Waals surface area contributed by atoms with Crippen LogP contribution in [0.15, 0.2) is 71.3 Å². The Labute approximate surface area is 201 Å². The van der Waals surface area contributed by atoms with Crippen molar-refractivity contribution >= 4 is 17.6 Å². The van der Waals surface area contributed by atoms with Crippen LogP contribution in [0, 0.1) is 0 Å². The lowest BCUT2D eigenvalue weighted by atomic mass is 10.1. The second kappa shape index (κ2) is 10.5. The summed E-state index contributed by atoms with van der Waals surface area (Å²) in [6, 6.07) is 18.3. The van der Waals surface area contributed by atoms with E-state index in [1.54, 1.807) is 54.6 Å². The molecule has 4 rings (SSSR count). The third-order valence-electron chi connectivity index (χ3n) is 5.00. The van der Waals surface area contributed by atoms with Gasteiger partial charge in [-0.3, -0.25) is 4.79 Å². The lowest BCUT2D eigenvalue weighted by Crippen LogP contribution is -2.16. The maximum absolute atomic E-state index is 12.7. The van der Waals surface area contributed by atoms with Gasteiger partial charge in [-0.2, -0.15) is 4.98 Å². The monoisotopic (exact) mass is 473 g/mol. The Hall–Kier alpha value is -4.66. The number of amides is 1. The molecule has 0 atom stereocenters. The van der Waals surface area contributed by atoms with Gasteiger partial charge in [0.2, 0.25) is 5.82 Å². The molecule has 3 aromatic carbocycles. The van der Waals surface area contributed by atoms with Crippen molar-refractivity contribution in [3.63, 3.8) is 0 Å². The predicted molar refractivity (Wildman–Crippen MR) is 129 cm³/mol. The lowest BCUT2D eigenvalue weighted by Gasteiger charge is -2.11. The van der Waals surface area contributed by atoms with Crippen LogP contribution >= 0.6 is 0 Å². The van der Waals surface area contributed by atoms with Crippen molar-refractivity contribution in [2.75, 3.05) is 18.5 Å². The molecule has 1 heterocycles. The Balaban J connectivity index is 1.57. The van der Waals surface area contributed by atoms with Crippen molar-refractivity contribution in [3.05, 3.63) is 77.9 Å². The van der Waals surface area contributed by atoms with Crippen LogP contribution in [0.2, 0.25) is 0 Å². The van der Waals surface area contributed by atoms with E-state index in [9.17, 15) is 14.7 Å². The first-order chi connectivity index (χ1) is 17.0. The molecular formula is C26H23N3O6. The smallest absolute Gasteiger partial charge is 0.336 e. The number of nitrogens with zero attached hydrogens (tertiary/aromatic N) is 2. The minimum atomic E-state index is -1.18. The highest BCUT2D eigenvalue weighted by atomic mass is 16.5. The minimum Gasteiger partial charge on any atom is -0.490 e. The van der Waals surface area contributed by atoms with Crippen LogP contribution in [0.3, 0.4) is 0 Å². The van der Waals surface area contributed by atoms with E-state index in [0.29, 0.717) is 53.2 Å². The first-order valence-corrected chi connectivity index (χ1v) is 11.0. The molecule has 4 aromatic rings. The second-order valence-electron chi connectivity index (χ2n) is 7.34. The Morgan fingerprint density at radius 1 is 0.886 bits per heavy atom. The first-order valence-electron chi connectivity index (χ1n) is 11.0. The Morgan fingerprint density at radius 2 is 1.63 bits per heavy atom. The fourth-order valence-corrected chi connectivity index (χ4v) is 3.44. The normalized spacial score (nSPS) is 10.6. The molecule has 0 unspecified atom stereocenters. The third kappa shape index (κ3) is 5.30. The number of rotatable bonds is 9. The molecule has 0 fully saturated rings. The largest absolute Gasteiger partial charge is 0.490 e. The molecule has 0 spiro atoms. The molecule has 2 N–H and O–H groups in total. The Bertz CT molecular complexity index is 1360. The summed E-state index contributed by atoms with van der Waals surface area (Å²) < 4.78 is 16.7. The van der Waals surface area contributed by atoms with E-state index in [1.165, 1.54) is 12.1 Å². The molecule has 0 radical (unpaired) electrons. The van der Waals surface area contributed by atoms with Gasteiger partial charge in [0.15, 0.2) is 11.5 Å². The fraction of sp³-hybridized carbons (Fsp3) is 0.154. The lowest BCUT2D eigenvalue weighted by molar-refractivity contribution is 0.0692. The number of hydrogen-bond acceptors (Lipinski definition) is 7. The number of benzene rings is 3. The molecule has 1 aromatic heterocycles. The number of carboxylic acids is 1. The molecule has 178 valence electrons. The van der Waals surface area contributed by atoms with E-state index < -0.39 is 11.9 Å². The maximum Gasteiger partial charge on any atom is 0.336 e. The van der Waals surface area contributed by atoms with E-state index in [4.69, 9.17) is 14.0 Å². The Kier molecular flexibility index (Phi) is 7.06. The topological polar surface area (TPSA) is 124 Å². The van der Waals surface area contributed by atoms with Gasteiger partial charge in [-0.25, -0.2) is 4.79 Å². The second-order valence-corrected chi connectivity index (χ2v) is 7.34. The van der Waals surface area contributed by atoms with E-state index in [1.807, 2.05) is 13.8 Å². The van der Waals surface area contributed by atoms with Gasteiger partial charge < -0.3 is 24.4 Å². The first kappa shape index (κ1) is 23.5. The van der Waals surface area contributed by atoms with Crippen molar-refractivity contribution in [1.82, 2.24) is 10.1 Å². The predicted octanol–water partition coefficient (Wildman–Crippen LogP) is 5.15. The molecule has 9 nitrogen and oxygen atoms in total. The highest BCUT2D eigenvalue weighted by Gasteiger charge is 2.17. The third-order valence-corrected chi connectivity index (χ3v) is 5.00. The standard InChI is InChI=1S/C26H23N3O6/c1-3-33-21-13-12-17(15-22(21)34-4-2)25-28-23(29-35-25)16-8-7-9-18(14-16)27-24(30)19-10-5-6-11-20(19)26(31)32/h5-15H,3-4H2,1-2H3,(H,27,30)(H,31,32). The summed E-state index contributed by atoms with van der Waals surface area (Å²) in [5.74, 6) is 0.129. The van der Waals surface area contributed by atoms with E-state index in [0.717, 1.165) is 0 Å². The quantitative estimate of drug-likeness (QED) is 0.342. The van der Waals surface area contributed by atoms with Gasteiger partial charge in [0.25, 0.3) is 11.8 Å². The van der Waals surface area contributed by atoms with Gasteiger partial charge in [-0.05, 0) is 56.3 Å². The fourth-order valence-electron chi connectivity index (χ4n) is 3.44. The molecule has 35 heavy (non-hydrogen) atoms. The van der Waals surface area contributed by atoms with Crippen LogP contribution in [0.25, 0.3) is 22.8 Å². The summed E-state index contributed by atoms with van der Waals surface area (Å²) in [6.07, 6.45) is 0. The zero-order valence-electron chi connectivity index (χ0n) is 19.1. The van der Waals surface area contributed by atoms with E-state index in [-0.39, 0.29) is 11.1 Å².